The Morgan fingerprint density at radius 1 is 1.41 bits per heavy atom. The molecule has 1 rings (SSSR count). The van der Waals surface area contributed by atoms with Gasteiger partial charge in [-0.3, -0.25) is 0 Å². The van der Waals surface area contributed by atoms with E-state index >= 15 is 0 Å². The first-order valence-electron chi connectivity index (χ1n) is 7.04. The molecule has 0 aromatic carbocycles. The van der Waals surface area contributed by atoms with Gasteiger partial charge in [0.1, 0.15) is 0 Å². The number of ether oxygens (including phenoxy) is 2. The van der Waals surface area contributed by atoms with Crippen LogP contribution in [-0.4, -0.2) is 38.5 Å². The summed E-state index contributed by atoms with van der Waals surface area (Å²) in [6.45, 7) is 8.43. The van der Waals surface area contributed by atoms with Crippen LogP contribution in [0.2, 0.25) is 0 Å². The Kier molecular flexibility index (Phi) is 7.09. The number of rotatable bonds is 7. The number of methoxy groups -OCH3 is 1. The van der Waals surface area contributed by atoms with Crippen molar-refractivity contribution >= 4 is 0 Å². The molecule has 0 saturated carbocycles. The van der Waals surface area contributed by atoms with Gasteiger partial charge in [-0.15, -0.1) is 0 Å². The van der Waals surface area contributed by atoms with Gasteiger partial charge in [-0.1, -0.05) is 27.2 Å². The standard InChI is InChI=1S/C14H29NO2/c1-5-6-13-9-12(7-8-17-13)15-14(10-16-4)11(2)3/h11-15H,5-10H2,1-4H3. The summed E-state index contributed by atoms with van der Waals surface area (Å²) in [4.78, 5) is 0. The van der Waals surface area contributed by atoms with Crippen LogP contribution in [0.4, 0.5) is 0 Å². The van der Waals surface area contributed by atoms with Crippen molar-refractivity contribution in [1.82, 2.24) is 5.32 Å². The minimum atomic E-state index is 0.460. The van der Waals surface area contributed by atoms with Gasteiger partial charge in [0.25, 0.3) is 0 Å². The number of hydrogen-bond acceptors (Lipinski definition) is 3. The third-order valence-electron chi connectivity index (χ3n) is 3.58. The van der Waals surface area contributed by atoms with Gasteiger partial charge in [-0.2, -0.15) is 0 Å². The Labute approximate surface area is 106 Å². The maximum Gasteiger partial charge on any atom is 0.0618 e. The molecule has 3 heteroatoms. The lowest BCUT2D eigenvalue weighted by molar-refractivity contribution is -0.00843. The molecule has 0 aromatic heterocycles. The molecular weight excluding hydrogens is 214 g/mol. The van der Waals surface area contributed by atoms with Gasteiger partial charge in [0.05, 0.1) is 12.7 Å². The fourth-order valence-corrected chi connectivity index (χ4v) is 2.47. The highest BCUT2D eigenvalue weighted by Crippen LogP contribution is 2.19. The maximum absolute atomic E-state index is 5.78. The normalized spacial score (nSPS) is 27.4. The Hall–Kier alpha value is -0.120. The molecule has 3 nitrogen and oxygen atoms in total. The summed E-state index contributed by atoms with van der Waals surface area (Å²) >= 11 is 0. The number of nitrogens with one attached hydrogen (secondary N) is 1. The molecule has 0 bridgehead atoms. The van der Waals surface area contributed by atoms with Gasteiger partial charge in [0, 0.05) is 25.8 Å². The third kappa shape index (κ3) is 5.36. The lowest BCUT2D eigenvalue weighted by Gasteiger charge is -2.34. The van der Waals surface area contributed by atoms with Crippen molar-refractivity contribution in [3.8, 4) is 0 Å². The van der Waals surface area contributed by atoms with Crippen molar-refractivity contribution in [2.75, 3.05) is 20.3 Å². The van der Waals surface area contributed by atoms with E-state index in [1.54, 1.807) is 7.11 Å². The van der Waals surface area contributed by atoms with Gasteiger partial charge in [0.15, 0.2) is 0 Å². The van der Waals surface area contributed by atoms with E-state index in [9.17, 15) is 0 Å². The van der Waals surface area contributed by atoms with E-state index in [0.29, 0.717) is 24.1 Å². The smallest absolute Gasteiger partial charge is 0.0618 e. The first-order chi connectivity index (χ1) is 8.17. The van der Waals surface area contributed by atoms with Crippen molar-refractivity contribution in [3.63, 3.8) is 0 Å². The van der Waals surface area contributed by atoms with Crippen LogP contribution < -0.4 is 5.32 Å². The lowest BCUT2D eigenvalue weighted by Crippen LogP contribution is -2.48. The van der Waals surface area contributed by atoms with E-state index < -0.39 is 0 Å². The van der Waals surface area contributed by atoms with Crippen LogP contribution in [0.3, 0.4) is 0 Å². The topological polar surface area (TPSA) is 30.5 Å². The van der Waals surface area contributed by atoms with E-state index in [1.807, 2.05) is 0 Å². The highest BCUT2D eigenvalue weighted by molar-refractivity contribution is 4.81. The zero-order valence-electron chi connectivity index (χ0n) is 11.9. The highest BCUT2D eigenvalue weighted by Gasteiger charge is 2.25. The summed E-state index contributed by atoms with van der Waals surface area (Å²) in [7, 11) is 1.78. The summed E-state index contributed by atoms with van der Waals surface area (Å²) in [6.07, 6.45) is 5.15. The van der Waals surface area contributed by atoms with Crippen LogP contribution in [0.15, 0.2) is 0 Å². The molecule has 1 N–H and O–H groups in total. The summed E-state index contributed by atoms with van der Waals surface area (Å²) in [5.41, 5.74) is 0. The van der Waals surface area contributed by atoms with Gasteiger partial charge >= 0.3 is 0 Å². The van der Waals surface area contributed by atoms with E-state index in [2.05, 4.69) is 26.1 Å². The van der Waals surface area contributed by atoms with Crippen molar-refractivity contribution in [3.05, 3.63) is 0 Å². The van der Waals surface area contributed by atoms with Gasteiger partial charge < -0.3 is 14.8 Å². The monoisotopic (exact) mass is 243 g/mol. The molecular formula is C14H29NO2. The molecule has 1 saturated heterocycles. The molecule has 1 fully saturated rings. The van der Waals surface area contributed by atoms with Crippen LogP contribution >= 0.6 is 0 Å². The summed E-state index contributed by atoms with van der Waals surface area (Å²) < 4.78 is 11.1. The van der Waals surface area contributed by atoms with Crippen LogP contribution in [0.5, 0.6) is 0 Å². The Morgan fingerprint density at radius 2 is 2.18 bits per heavy atom. The van der Waals surface area contributed by atoms with Crippen LogP contribution in [0.1, 0.15) is 46.5 Å². The molecule has 17 heavy (non-hydrogen) atoms. The number of hydrogen-bond donors (Lipinski definition) is 1. The summed E-state index contributed by atoms with van der Waals surface area (Å²) in [5.74, 6) is 0.613. The quantitative estimate of drug-likeness (QED) is 0.745. The zero-order chi connectivity index (χ0) is 12.7. The minimum absolute atomic E-state index is 0.460. The fraction of sp³-hybridized carbons (Fsp3) is 1.00. The molecule has 1 aliphatic heterocycles. The van der Waals surface area contributed by atoms with E-state index in [1.165, 1.54) is 12.8 Å². The van der Waals surface area contributed by atoms with Gasteiger partial charge in [-0.25, -0.2) is 0 Å². The molecule has 1 aliphatic rings. The van der Waals surface area contributed by atoms with Gasteiger partial charge in [0.2, 0.25) is 0 Å². The van der Waals surface area contributed by atoms with Crippen molar-refractivity contribution in [1.29, 1.82) is 0 Å². The first kappa shape index (κ1) is 14.9. The Morgan fingerprint density at radius 3 is 2.76 bits per heavy atom. The van der Waals surface area contributed by atoms with Crippen molar-refractivity contribution in [2.45, 2.75) is 64.6 Å². The van der Waals surface area contributed by atoms with Crippen LogP contribution in [-0.2, 0) is 9.47 Å². The third-order valence-corrected chi connectivity index (χ3v) is 3.58. The van der Waals surface area contributed by atoms with Crippen molar-refractivity contribution < 1.29 is 9.47 Å². The Bertz CT molecular complexity index is 195. The molecule has 0 aliphatic carbocycles. The summed E-state index contributed by atoms with van der Waals surface area (Å²) in [6, 6.07) is 1.06. The average molecular weight is 243 g/mol. The first-order valence-corrected chi connectivity index (χ1v) is 7.04. The van der Waals surface area contributed by atoms with Crippen LogP contribution in [0, 0.1) is 5.92 Å². The molecule has 102 valence electrons. The van der Waals surface area contributed by atoms with E-state index in [4.69, 9.17) is 9.47 Å². The maximum atomic E-state index is 5.78. The predicted octanol–water partition coefficient (Wildman–Crippen LogP) is 2.59. The molecule has 0 radical (unpaired) electrons. The molecule has 1 heterocycles. The lowest BCUT2D eigenvalue weighted by atomic mass is 9.97. The molecule has 0 aromatic rings. The second kappa shape index (κ2) is 8.06. The van der Waals surface area contributed by atoms with Crippen molar-refractivity contribution in [2.24, 2.45) is 5.92 Å². The van der Waals surface area contributed by atoms with Gasteiger partial charge in [-0.05, 0) is 25.2 Å². The zero-order valence-corrected chi connectivity index (χ0v) is 11.9. The molecule has 3 atom stereocenters. The Balaban J connectivity index is 2.37. The predicted molar refractivity (Wildman–Crippen MR) is 71.3 cm³/mol. The average Bonchev–Trinajstić information content (AvgIpc) is 2.29. The summed E-state index contributed by atoms with van der Waals surface area (Å²) in [5, 5.41) is 3.74. The van der Waals surface area contributed by atoms with E-state index in [0.717, 1.165) is 26.1 Å². The second-order valence-electron chi connectivity index (χ2n) is 5.48. The molecule has 0 amide bonds. The minimum Gasteiger partial charge on any atom is -0.383 e. The second-order valence-corrected chi connectivity index (χ2v) is 5.48. The SMILES string of the molecule is CCCC1CC(NC(COC)C(C)C)CCO1. The molecule has 3 unspecified atom stereocenters. The highest BCUT2D eigenvalue weighted by atomic mass is 16.5. The van der Waals surface area contributed by atoms with Crippen LogP contribution in [0.25, 0.3) is 0 Å². The largest absolute Gasteiger partial charge is 0.383 e. The fourth-order valence-electron chi connectivity index (χ4n) is 2.47. The molecule has 0 spiro atoms. The van der Waals surface area contributed by atoms with E-state index in [-0.39, 0.29) is 0 Å².